The van der Waals surface area contributed by atoms with Crippen molar-refractivity contribution in [2.45, 2.75) is 237 Å². The van der Waals surface area contributed by atoms with Gasteiger partial charge in [0.25, 0.3) is 11.4 Å². The van der Waals surface area contributed by atoms with Gasteiger partial charge in [0.1, 0.15) is 92.6 Å². The summed E-state index contributed by atoms with van der Waals surface area (Å²) in [6, 6.07) is 0. The van der Waals surface area contributed by atoms with Crippen molar-refractivity contribution in [1.82, 2.24) is 0 Å². The van der Waals surface area contributed by atoms with Crippen LogP contribution in [0.15, 0.2) is 0 Å². The van der Waals surface area contributed by atoms with Crippen molar-refractivity contribution in [2.24, 2.45) is 0 Å². The molecule has 0 aliphatic carbocycles. The van der Waals surface area contributed by atoms with Crippen molar-refractivity contribution in [3.05, 3.63) is 0 Å². The zero-order valence-corrected chi connectivity index (χ0v) is 41.1. The highest BCUT2D eigenvalue weighted by atomic mass is 16.9. The third-order valence-electron chi connectivity index (χ3n) is 14.1. The van der Waals surface area contributed by atoms with Gasteiger partial charge in [-0.05, 0) is 12.8 Å². The Morgan fingerprint density at radius 1 is 0.458 bits per heavy atom. The van der Waals surface area contributed by atoms with Crippen LogP contribution in [-0.2, 0) is 47.5 Å². The molecular formula is C46H82O26. The second-order valence-electron chi connectivity index (χ2n) is 19.3. The molecule has 0 saturated carbocycles. The third-order valence-corrected chi connectivity index (χ3v) is 14.1. The van der Waals surface area contributed by atoms with Gasteiger partial charge in [-0.3, -0.25) is 9.53 Å². The van der Waals surface area contributed by atoms with Crippen LogP contribution in [0.5, 0.6) is 0 Å². The van der Waals surface area contributed by atoms with E-state index in [1.165, 1.54) is 0 Å². The highest BCUT2D eigenvalue weighted by Gasteiger charge is 2.77. The van der Waals surface area contributed by atoms with E-state index in [9.17, 15) is 86.5 Å². The molecule has 26 nitrogen and oxygen atoms in total. The maximum atomic E-state index is 16.0. The lowest BCUT2D eigenvalue weighted by Gasteiger charge is -2.57. The predicted molar refractivity (Wildman–Crippen MR) is 240 cm³/mol. The van der Waals surface area contributed by atoms with Gasteiger partial charge in [0.15, 0.2) is 6.10 Å². The Balaban J connectivity index is 2.04. The Labute approximate surface area is 417 Å². The Kier molecular flexibility index (Phi) is 24.3. The molecule has 4 aliphatic heterocycles. The van der Waals surface area contributed by atoms with Crippen LogP contribution in [0.25, 0.3) is 0 Å². The van der Waals surface area contributed by atoms with E-state index >= 15 is 4.79 Å². The number of hydrogen-bond acceptors (Lipinski definition) is 26. The number of rotatable bonds is 31. The summed E-state index contributed by atoms with van der Waals surface area (Å²) in [6.07, 6.45) is -24.6. The average molecular weight is 1050 g/mol. The standard InChI is InChI=1S/C46H82O26/c1-3-5-7-9-11-12-13-14-16-18-30(53)69-42(19-17-15-10-8-6-4-2,45(39(62)35(58)31(54)26(20-47)67-45)71-43(24-51)37(60)33(56)28(22-49)65-43)41(64)70-46(40(63)36(59)32(55)27(21-48)68-46)72-44(25-52)38(61)34(57)29(23-50)66-44/h26-29,31-40,47-52,54-63H,3-25H2,1-2H3/t26-,27-,28-,29-,31-,32-,33-,34-,35+,36+,37+,38+,39-,40-,42?,43?,44?,45-,46+/m1/s1. The van der Waals surface area contributed by atoms with E-state index in [4.69, 9.17) is 37.9 Å². The number of esters is 2. The molecule has 4 rings (SSSR count). The number of carbonyl (C=O) groups excluding carboxylic acids is 2. The number of carbonyl (C=O) groups is 2. The highest BCUT2D eigenvalue weighted by Crippen LogP contribution is 2.51. The van der Waals surface area contributed by atoms with E-state index in [1.54, 1.807) is 0 Å². The summed E-state index contributed by atoms with van der Waals surface area (Å²) in [5.41, 5.74) is -3.63. The molecule has 72 heavy (non-hydrogen) atoms. The first-order valence-corrected chi connectivity index (χ1v) is 25.2. The van der Waals surface area contributed by atoms with E-state index in [0.29, 0.717) is 25.7 Å². The number of hydrogen-bond donors (Lipinski definition) is 16. The molecule has 4 heterocycles. The Morgan fingerprint density at radius 3 is 1.31 bits per heavy atom. The molecule has 4 fully saturated rings. The summed E-state index contributed by atoms with van der Waals surface area (Å²) >= 11 is 0. The van der Waals surface area contributed by atoms with Crippen molar-refractivity contribution in [1.29, 1.82) is 0 Å². The van der Waals surface area contributed by atoms with Crippen molar-refractivity contribution in [3.63, 3.8) is 0 Å². The minimum absolute atomic E-state index is 0.0975. The fraction of sp³-hybridized carbons (Fsp3) is 0.957. The second kappa shape index (κ2) is 27.9. The van der Waals surface area contributed by atoms with E-state index in [-0.39, 0.29) is 19.3 Å². The van der Waals surface area contributed by atoms with Crippen LogP contribution in [0.3, 0.4) is 0 Å². The first kappa shape index (κ1) is 62.6. The Hall–Kier alpha value is -1.94. The molecule has 16 N–H and O–H groups in total. The van der Waals surface area contributed by atoms with Crippen LogP contribution in [0.2, 0.25) is 0 Å². The maximum absolute atomic E-state index is 16.0. The molecule has 0 amide bonds. The van der Waals surface area contributed by atoms with Crippen LogP contribution in [0, 0.1) is 0 Å². The molecule has 26 heteroatoms. The van der Waals surface area contributed by atoms with Gasteiger partial charge in [-0.2, -0.15) is 0 Å². The van der Waals surface area contributed by atoms with Crippen molar-refractivity contribution < 1.29 is 129 Å². The van der Waals surface area contributed by atoms with Gasteiger partial charge < -0.3 is 115 Å². The summed E-state index contributed by atoms with van der Waals surface area (Å²) in [4.78, 5) is 30.6. The predicted octanol–water partition coefficient (Wildman–Crippen LogP) is -4.58. The highest BCUT2D eigenvalue weighted by molar-refractivity contribution is 5.85. The molecule has 0 spiro atoms. The second-order valence-corrected chi connectivity index (χ2v) is 19.3. The van der Waals surface area contributed by atoms with Crippen LogP contribution < -0.4 is 0 Å². The normalized spacial score (nSPS) is 40.0. The van der Waals surface area contributed by atoms with E-state index in [0.717, 1.165) is 51.4 Å². The van der Waals surface area contributed by atoms with Crippen LogP contribution in [0.1, 0.15) is 123 Å². The van der Waals surface area contributed by atoms with Crippen molar-refractivity contribution in [2.75, 3.05) is 39.6 Å². The van der Waals surface area contributed by atoms with Gasteiger partial charge in [0.2, 0.25) is 11.6 Å². The Bertz CT molecular complexity index is 1630. The molecule has 19 atom stereocenters. The van der Waals surface area contributed by atoms with E-state index in [2.05, 4.69) is 6.92 Å². The summed E-state index contributed by atoms with van der Waals surface area (Å²) < 4.78 is 47.0. The summed E-state index contributed by atoms with van der Waals surface area (Å²) in [5, 5.41) is 177. The molecule has 0 aromatic carbocycles. The van der Waals surface area contributed by atoms with Crippen LogP contribution in [-0.4, -0.2) is 248 Å². The van der Waals surface area contributed by atoms with Crippen molar-refractivity contribution >= 4 is 11.9 Å². The number of aliphatic hydroxyl groups excluding tert-OH is 16. The summed E-state index contributed by atoms with van der Waals surface area (Å²) in [5.74, 6) is -17.4. The maximum Gasteiger partial charge on any atom is 0.362 e. The number of unbranched alkanes of at least 4 members (excludes halogenated alkanes) is 13. The van der Waals surface area contributed by atoms with Crippen LogP contribution >= 0.6 is 0 Å². The molecule has 0 aromatic heterocycles. The molecule has 422 valence electrons. The minimum Gasteiger partial charge on any atom is -0.441 e. The topological polar surface area (TPSA) is 432 Å². The zero-order chi connectivity index (χ0) is 53.7. The van der Waals surface area contributed by atoms with Crippen LogP contribution in [0.4, 0.5) is 0 Å². The number of aliphatic hydroxyl groups is 16. The first-order valence-electron chi connectivity index (χ1n) is 25.2. The monoisotopic (exact) mass is 1050 g/mol. The van der Waals surface area contributed by atoms with Gasteiger partial charge >= 0.3 is 17.9 Å². The molecular weight excluding hydrogens is 968 g/mol. The Morgan fingerprint density at radius 2 is 0.861 bits per heavy atom. The van der Waals surface area contributed by atoms with Gasteiger partial charge in [-0.25, -0.2) is 4.79 Å². The lowest BCUT2D eigenvalue weighted by atomic mass is 9.77. The van der Waals surface area contributed by atoms with E-state index < -0.39 is 179 Å². The van der Waals surface area contributed by atoms with Gasteiger partial charge in [0, 0.05) is 12.8 Å². The fourth-order valence-corrected chi connectivity index (χ4v) is 9.72. The lowest BCUT2D eigenvalue weighted by Crippen LogP contribution is -2.80. The molecule has 4 aliphatic rings. The molecule has 4 saturated heterocycles. The number of ether oxygens (including phenoxy) is 8. The first-order chi connectivity index (χ1) is 34.2. The van der Waals surface area contributed by atoms with E-state index in [1.807, 2.05) is 6.92 Å². The molecule has 0 radical (unpaired) electrons. The molecule has 3 unspecified atom stereocenters. The smallest absolute Gasteiger partial charge is 0.362 e. The minimum atomic E-state index is -3.85. The van der Waals surface area contributed by atoms with Gasteiger partial charge in [-0.1, -0.05) is 97.3 Å². The van der Waals surface area contributed by atoms with Crippen molar-refractivity contribution in [3.8, 4) is 0 Å². The lowest BCUT2D eigenvalue weighted by molar-refractivity contribution is -0.504. The van der Waals surface area contributed by atoms with Gasteiger partial charge in [0.05, 0.1) is 26.4 Å². The largest absolute Gasteiger partial charge is 0.441 e. The molecule has 0 aromatic rings. The molecule has 0 bridgehead atoms. The third kappa shape index (κ3) is 13.1. The van der Waals surface area contributed by atoms with Gasteiger partial charge in [-0.15, -0.1) is 0 Å². The summed E-state index contributed by atoms with van der Waals surface area (Å²) in [7, 11) is 0. The quantitative estimate of drug-likeness (QED) is 0.0177. The average Bonchev–Trinajstić information content (AvgIpc) is 3.76. The fourth-order valence-electron chi connectivity index (χ4n) is 9.72. The summed E-state index contributed by atoms with van der Waals surface area (Å²) in [6.45, 7) is -3.78. The zero-order valence-electron chi connectivity index (χ0n) is 41.1. The SMILES string of the molecule is CCCCCCCCCCCC(=O)OC(CCCCCCCC)(C(=O)O[C@@]1(OC2(CO)O[C@H](CO)[C@@H](O)[C@@H]2O)O[C@H](CO)[C@@H](O)[C@H](O)[C@H]1O)[C@@]1(OC2(CO)O[C@H](CO)[C@@H](O)[C@@H]2O)O[C@H](CO)[C@@H](O)[C@H](O)[C@H]1O.